The first-order valence-electron chi connectivity index (χ1n) is 3.65. The number of hydrogen-bond donors (Lipinski definition) is 1. The van der Waals surface area contributed by atoms with E-state index in [9.17, 15) is 9.18 Å². The SMILES string of the molecule is O=C1C[C@@H](CCCF)CN1. The summed E-state index contributed by atoms with van der Waals surface area (Å²) in [5.41, 5.74) is 0. The second-order valence-corrected chi connectivity index (χ2v) is 2.71. The molecule has 1 atom stereocenters. The smallest absolute Gasteiger partial charge is 0.220 e. The fraction of sp³-hybridized carbons (Fsp3) is 0.857. The molecule has 1 heterocycles. The van der Waals surface area contributed by atoms with Crippen LogP contribution in [0.5, 0.6) is 0 Å². The third kappa shape index (κ3) is 1.97. The van der Waals surface area contributed by atoms with Gasteiger partial charge in [0.1, 0.15) is 0 Å². The Hall–Kier alpha value is -0.600. The molecule has 1 aliphatic rings. The monoisotopic (exact) mass is 145 g/mol. The fourth-order valence-corrected chi connectivity index (χ4v) is 1.23. The van der Waals surface area contributed by atoms with Crippen molar-refractivity contribution < 1.29 is 9.18 Å². The van der Waals surface area contributed by atoms with Crippen molar-refractivity contribution in [2.45, 2.75) is 19.3 Å². The topological polar surface area (TPSA) is 29.1 Å². The van der Waals surface area contributed by atoms with Gasteiger partial charge in [-0.25, -0.2) is 0 Å². The minimum Gasteiger partial charge on any atom is -0.356 e. The molecule has 10 heavy (non-hydrogen) atoms. The molecule has 1 N–H and O–H groups in total. The molecule has 0 spiro atoms. The number of nitrogens with one attached hydrogen (secondary N) is 1. The van der Waals surface area contributed by atoms with Crippen molar-refractivity contribution in [1.82, 2.24) is 5.32 Å². The molecule has 3 heteroatoms. The van der Waals surface area contributed by atoms with Crippen LogP contribution in [-0.2, 0) is 4.79 Å². The van der Waals surface area contributed by atoms with E-state index in [4.69, 9.17) is 0 Å². The van der Waals surface area contributed by atoms with Gasteiger partial charge in [-0.2, -0.15) is 0 Å². The molecule has 58 valence electrons. The van der Waals surface area contributed by atoms with Gasteiger partial charge in [-0.3, -0.25) is 9.18 Å². The zero-order chi connectivity index (χ0) is 7.40. The number of rotatable bonds is 3. The van der Waals surface area contributed by atoms with Gasteiger partial charge in [0.15, 0.2) is 0 Å². The van der Waals surface area contributed by atoms with Gasteiger partial charge in [0, 0.05) is 13.0 Å². The summed E-state index contributed by atoms with van der Waals surface area (Å²) in [7, 11) is 0. The van der Waals surface area contributed by atoms with Gasteiger partial charge in [-0.1, -0.05) is 0 Å². The van der Waals surface area contributed by atoms with Crippen molar-refractivity contribution in [1.29, 1.82) is 0 Å². The first-order chi connectivity index (χ1) is 4.83. The molecule has 0 unspecified atom stereocenters. The first-order valence-corrected chi connectivity index (χ1v) is 3.65. The summed E-state index contributed by atoms with van der Waals surface area (Å²) in [4.78, 5) is 10.6. The first kappa shape index (κ1) is 7.51. The van der Waals surface area contributed by atoms with Gasteiger partial charge >= 0.3 is 0 Å². The quantitative estimate of drug-likeness (QED) is 0.627. The van der Waals surface area contributed by atoms with Crippen molar-refractivity contribution >= 4 is 5.91 Å². The maximum atomic E-state index is 11.6. The maximum absolute atomic E-state index is 11.6. The molecule has 0 aromatic rings. The Morgan fingerprint density at radius 2 is 2.50 bits per heavy atom. The van der Waals surface area contributed by atoms with Crippen LogP contribution in [0.25, 0.3) is 0 Å². The van der Waals surface area contributed by atoms with Crippen molar-refractivity contribution in [3.8, 4) is 0 Å². The van der Waals surface area contributed by atoms with Crippen LogP contribution >= 0.6 is 0 Å². The lowest BCUT2D eigenvalue weighted by molar-refractivity contribution is -0.119. The van der Waals surface area contributed by atoms with E-state index in [-0.39, 0.29) is 12.6 Å². The van der Waals surface area contributed by atoms with Crippen LogP contribution in [0.1, 0.15) is 19.3 Å². The van der Waals surface area contributed by atoms with E-state index in [2.05, 4.69) is 5.32 Å². The molecule has 0 aliphatic carbocycles. The highest BCUT2D eigenvalue weighted by atomic mass is 19.1. The molecule has 0 saturated carbocycles. The average Bonchev–Trinajstić information content (AvgIpc) is 2.31. The Labute approximate surface area is 59.8 Å². The highest BCUT2D eigenvalue weighted by Gasteiger charge is 2.20. The normalized spacial score (nSPS) is 24.9. The van der Waals surface area contributed by atoms with Crippen molar-refractivity contribution in [2.24, 2.45) is 5.92 Å². The highest BCUT2D eigenvalue weighted by Crippen LogP contribution is 2.14. The number of halogens is 1. The molecule has 1 rings (SSSR count). The summed E-state index contributed by atoms with van der Waals surface area (Å²) < 4.78 is 11.6. The molecule has 0 radical (unpaired) electrons. The van der Waals surface area contributed by atoms with E-state index in [0.717, 1.165) is 13.0 Å². The largest absolute Gasteiger partial charge is 0.356 e. The molecule has 1 amide bonds. The third-order valence-corrected chi connectivity index (χ3v) is 1.81. The van der Waals surface area contributed by atoms with Crippen LogP contribution < -0.4 is 5.32 Å². The van der Waals surface area contributed by atoms with Gasteiger partial charge in [0.2, 0.25) is 5.91 Å². The van der Waals surface area contributed by atoms with Crippen LogP contribution in [0.4, 0.5) is 4.39 Å². The molecule has 2 nitrogen and oxygen atoms in total. The highest BCUT2D eigenvalue weighted by molar-refractivity contribution is 5.78. The van der Waals surface area contributed by atoms with Crippen LogP contribution in [0.3, 0.4) is 0 Å². The summed E-state index contributed by atoms with van der Waals surface area (Å²) in [5.74, 6) is 0.507. The van der Waals surface area contributed by atoms with Crippen molar-refractivity contribution in [3.63, 3.8) is 0 Å². The summed E-state index contributed by atoms with van der Waals surface area (Å²) >= 11 is 0. The van der Waals surface area contributed by atoms with Crippen molar-refractivity contribution in [2.75, 3.05) is 13.2 Å². The number of carbonyl (C=O) groups excluding carboxylic acids is 1. The standard InChI is InChI=1S/C7H12FNO/c8-3-1-2-6-4-7(10)9-5-6/h6H,1-5H2,(H,9,10)/t6-/m1/s1. The predicted molar refractivity (Wildman–Crippen MR) is 36.3 cm³/mol. The second kappa shape index (κ2) is 3.54. The zero-order valence-corrected chi connectivity index (χ0v) is 5.90. The van der Waals surface area contributed by atoms with Gasteiger partial charge in [0.05, 0.1) is 6.67 Å². The van der Waals surface area contributed by atoms with Crippen LogP contribution in [-0.4, -0.2) is 19.1 Å². The van der Waals surface area contributed by atoms with E-state index in [0.29, 0.717) is 18.8 Å². The molecule has 1 saturated heterocycles. The minimum atomic E-state index is -0.259. The van der Waals surface area contributed by atoms with E-state index < -0.39 is 0 Å². The molecular formula is C7H12FNO. The van der Waals surface area contributed by atoms with Crippen LogP contribution in [0.2, 0.25) is 0 Å². The van der Waals surface area contributed by atoms with E-state index in [1.807, 2.05) is 0 Å². The molecular weight excluding hydrogens is 133 g/mol. The maximum Gasteiger partial charge on any atom is 0.220 e. The Kier molecular flexibility index (Phi) is 2.66. The summed E-state index contributed by atoms with van der Waals surface area (Å²) in [6.45, 7) is 0.490. The van der Waals surface area contributed by atoms with E-state index in [1.165, 1.54) is 0 Å². The van der Waals surface area contributed by atoms with Crippen molar-refractivity contribution in [3.05, 3.63) is 0 Å². The van der Waals surface area contributed by atoms with E-state index in [1.54, 1.807) is 0 Å². The summed E-state index contributed by atoms with van der Waals surface area (Å²) in [5, 5.41) is 2.72. The lowest BCUT2D eigenvalue weighted by Crippen LogP contribution is -2.13. The van der Waals surface area contributed by atoms with Gasteiger partial charge in [-0.05, 0) is 18.8 Å². The third-order valence-electron chi connectivity index (χ3n) is 1.81. The summed E-state index contributed by atoms with van der Waals surface area (Å²) in [6, 6.07) is 0. The molecule has 0 aromatic heterocycles. The predicted octanol–water partition coefficient (Wildman–Crippen LogP) is 0.872. The Morgan fingerprint density at radius 1 is 1.70 bits per heavy atom. The van der Waals surface area contributed by atoms with Gasteiger partial charge in [0.25, 0.3) is 0 Å². The number of alkyl halides is 1. The second-order valence-electron chi connectivity index (χ2n) is 2.71. The number of amides is 1. The zero-order valence-electron chi connectivity index (χ0n) is 5.90. The lowest BCUT2D eigenvalue weighted by Gasteiger charge is -2.02. The molecule has 1 fully saturated rings. The van der Waals surface area contributed by atoms with Gasteiger partial charge in [-0.15, -0.1) is 0 Å². The minimum absolute atomic E-state index is 0.115. The summed E-state index contributed by atoms with van der Waals surface area (Å²) in [6.07, 6.45) is 2.04. The Bertz CT molecular complexity index is 127. The Balaban J connectivity index is 2.12. The molecule has 1 aliphatic heterocycles. The molecule has 0 bridgehead atoms. The van der Waals surface area contributed by atoms with Crippen LogP contribution in [0, 0.1) is 5.92 Å². The fourth-order valence-electron chi connectivity index (χ4n) is 1.23. The number of hydrogen-bond acceptors (Lipinski definition) is 1. The lowest BCUT2D eigenvalue weighted by atomic mass is 10.0. The van der Waals surface area contributed by atoms with Gasteiger partial charge < -0.3 is 5.32 Å². The van der Waals surface area contributed by atoms with E-state index >= 15 is 0 Å². The van der Waals surface area contributed by atoms with Crippen LogP contribution in [0.15, 0.2) is 0 Å². The Morgan fingerprint density at radius 3 is 3.00 bits per heavy atom. The molecule has 0 aromatic carbocycles. The average molecular weight is 145 g/mol. The number of carbonyl (C=O) groups is 1.